The van der Waals surface area contributed by atoms with Crippen LogP contribution in [0.25, 0.3) is 0 Å². The molecule has 0 spiro atoms. The molecule has 12 heteroatoms. The summed E-state index contributed by atoms with van der Waals surface area (Å²) in [5.41, 5.74) is 0. The van der Waals surface area contributed by atoms with Crippen LogP contribution in [0, 0.1) is 0 Å². The van der Waals surface area contributed by atoms with Crippen LogP contribution in [0.4, 0.5) is 0 Å². The predicted octanol–water partition coefficient (Wildman–Crippen LogP) is 2.99. The van der Waals surface area contributed by atoms with Crippen molar-refractivity contribution in [1.82, 2.24) is 0 Å². The van der Waals surface area contributed by atoms with Crippen molar-refractivity contribution in [3.8, 4) is 0 Å². The van der Waals surface area contributed by atoms with Gasteiger partial charge in [-0.25, -0.2) is 0 Å². The largest absolute Gasteiger partial charge is 1.00 e. The zero-order valence-electron chi connectivity index (χ0n) is 25.4. The fraction of sp³-hybridized carbons (Fsp3) is 0.929. The van der Waals surface area contributed by atoms with Crippen LogP contribution in [0.3, 0.4) is 0 Å². The van der Waals surface area contributed by atoms with Gasteiger partial charge in [0.05, 0.1) is 19.8 Å². The van der Waals surface area contributed by atoms with Gasteiger partial charge in [0.2, 0.25) is 0 Å². The fourth-order valence-corrected chi connectivity index (χ4v) is 4.97. The van der Waals surface area contributed by atoms with E-state index in [2.05, 4.69) is 13.8 Å². The Morgan fingerprint density at radius 1 is 0.875 bits per heavy atom. The van der Waals surface area contributed by atoms with Crippen LogP contribution in [0.2, 0.25) is 0 Å². The van der Waals surface area contributed by atoms with Crippen LogP contribution >= 0.6 is 7.82 Å². The van der Waals surface area contributed by atoms with E-state index in [1.54, 1.807) is 0 Å². The molecule has 0 aromatic carbocycles. The molecule has 4 atom stereocenters. The molecule has 0 saturated carbocycles. The maximum absolute atomic E-state index is 12.3. The molecule has 40 heavy (non-hydrogen) atoms. The number of phosphoric ester groups is 1. The van der Waals surface area contributed by atoms with E-state index < -0.39 is 38.6 Å². The Kier molecular flexibility index (Phi) is 25.4. The van der Waals surface area contributed by atoms with Crippen molar-refractivity contribution in [1.29, 1.82) is 0 Å². The van der Waals surface area contributed by atoms with Crippen LogP contribution in [0.1, 0.15) is 124 Å². The summed E-state index contributed by atoms with van der Waals surface area (Å²) in [5, 5.41) is 0. The van der Waals surface area contributed by atoms with Crippen LogP contribution < -0.4 is 34.5 Å². The first kappa shape index (κ1) is 40.0. The van der Waals surface area contributed by atoms with Crippen LogP contribution in [-0.4, -0.2) is 56.9 Å². The van der Waals surface area contributed by atoms with Crippen molar-refractivity contribution >= 4 is 19.8 Å². The number of ether oxygens (including phenoxy) is 4. The van der Waals surface area contributed by atoms with Gasteiger partial charge in [0.25, 0.3) is 7.82 Å². The minimum Gasteiger partial charge on any atom is -0.756 e. The van der Waals surface area contributed by atoms with E-state index >= 15 is 0 Å². The van der Waals surface area contributed by atoms with Crippen LogP contribution in [-0.2, 0) is 42.1 Å². The normalized spacial score (nSPS) is 19.0. The molecular formula is C28H52NaO10P. The number of rotatable bonds is 25. The Hall–Kier alpha value is -0.0300. The molecule has 0 aromatic rings. The van der Waals surface area contributed by atoms with E-state index in [1.165, 1.54) is 51.9 Å². The van der Waals surface area contributed by atoms with Gasteiger partial charge in [-0.3, -0.25) is 14.2 Å². The molecule has 0 radical (unpaired) electrons. The van der Waals surface area contributed by atoms with Gasteiger partial charge in [-0.15, -0.1) is 0 Å². The van der Waals surface area contributed by atoms with Crippen molar-refractivity contribution in [3.05, 3.63) is 0 Å². The Labute approximate surface area is 263 Å². The molecule has 0 aromatic heterocycles. The summed E-state index contributed by atoms with van der Waals surface area (Å²) < 4.78 is 43.5. The third-order valence-electron chi connectivity index (χ3n) is 6.45. The van der Waals surface area contributed by atoms with E-state index in [9.17, 15) is 19.0 Å². The van der Waals surface area contributed by atoms with Gasteiger partial charge in [0.15, 0.2) is 12.4 Å². The minimum absolute atomic E-state index is 0. The number of hydrogen-bond acceptors (Lipinski definition) is 10. The monoisotopic (exact) mass is 602 g/mol. The minimum atomic E-state index is -4.70. The van der Waals surface area contributed by atoms with Crippen molar-refractivity contribution < 1.29 is 76.6 Å². The Bertz CT molecular complexity index is 696. The summed E-state index contributed by atoms with van der Waals surface area (Å²) in [6.45, 7) is 4.72. The van der Waals surface area contributed by atoms with Crippen LogP contribution in [0.5, 0.6) is 0 Å². The number of carbonyl (C=O) groups excluding carboxylic acids is 2. The van der Waals surface area contributed by atoms with Crippen molar-refractivity contribution in [3.63, 3.8) is 0 Å². The molecule has 10 nitrogen and oxygen atoms in total. The molecule has 1 fully saturated rings. The van der Waals surface area contributed by atoms with Gasteiger partial charge in [0, 0.05) is 13.3 Å². The molecule has 1 aliphatic rings. The number of hydrogen-bond donors (Lipinski definition) is 0. The Balaban J connectivity index is 0.0000152. The number of carbonyl (C=O) groups is 2. The smallest absolute Gasteiger partial charge is 0.756 e. The third kappa shape index (κ3) is 22.6. The second-order valence-corrected chi connectivity index (χ2v) is 11.7. The first-order chi connectivity index (χ1) is 18.8. The second kappa shape index (κ2) is 25.5. The zero-order valence-corrected chi connectivity index (χ0v) is 28.3. The van der Waals surface area contributed by atoms with Gasteiger partial charge < -0.3 is 32.9 Å². The van der Waals surface area contributed by atoms with Crippen molar-refractivity contribution in [2.24, 2.45) is 0 Å². The van der Waals surface area contributed by atoms with Crippen molar-refractivity contribution in [2.45, 2.75) is 142 Å². The summed E-state index contributed by atoms with van der Waals surface area (Å²) in [4.78, 5) is 35.7. The molecule has 0 N–H and O–H groups in total. The molecule has 1 aliphatic heterocycles. The summed E-state index contributed by atoms with van der Waals surface area (Å²) >= 11 is 0. The SMILES string of the molecule is CCCCCCCCCCCCCC(=O)O[C@H](COC(C)=O)COP(=O)([O-])OCC1COC(CCCCC)O1.[Na+]. The third-order valence-corrected chi connectivity index (χ3v) is 7.38. The van der Waals surface area contributed by atoms with E-state index in [4.69, 9.17) is 28.0 Å². The maximum atomic E-state index is 12.3. The van der Waals surface area contributed by atoms with Gasteiger partial charge in [-0.2, -0.15) is 0 Å². The molecule has 1 rings (SSSR count). The average molecular weight is 603 g/mol. The molecule has 0 amide bonds. The Morgan fingerprint density at radius 2 is 1.45 bits per heavy atom. The molecule has 0 aliphatic carbocycles. The quantitative estimate of drug-likeness (QED) is 0.0666. The van der Waals surface area contributed by atoms with Gasteiger partial charge in [-0.1, -0.05) is 90.9 Å². The number of esters is 2. The standard InChI is InChI=1S/C28H53O10P.Na/c1-4-6-8-9-10-11-12-13-14-15-17-18-27(30)37-25(20-33-24(3)29)22-35-39(31,32)36-23-26-21-34-28(38-26)19-16-7-5-2;/h25-26,28H,4-23H2,1-3H3,(H,31,32);/q;+1/p-1/t25-,26?,28?;/m1./s1. The summed E-state index contributed by atoms with van der Waals surface area (Å²) in [6.07, 6.45) is 15.0. The molecule has 0 bridgehead atoms. The number of unbranched alkanes of at least 4 members (excludes halogenated alkanes) is 12. The molecule has 1 saturated heterocycles. The van der Waals surface area contributed by atoms with E-state index in [0.29, 0.717) is 6.42 Å². The predicted molar refractivity (Wildman–Crippen MR) is 146 cm³/mol. The topological polar surface area (TPSA) is 130 Å². The molecular weight excluding hydrogens is 550 g/mol. The van der Waals surface area contributed by atoms with Crippen molar-refractivity contribution in [2.75, 3.05) is 26.4 Å². The van der Waals surface area contributed by atoms with E-state index in [0.717, 1.165) is 44.9 Å². The molecule has 1 heterocycles. The van der Waals surface area contributed by atoms with Gasteiger partial charge in [0.1, 0.15) is 12.7 Å². The molecule has 3 unspecified atom stereocenters. The summed E-state index contributed by atoms with van der Waals surface area (Å²) in [7, 11) is -4.70. The fourth-order valence-electron chi connectivity index (χ4n) is 4.20. The van der Waals surface area contributed by atoms with E-state index in [1.807, 2.05) is 0 Å². The van der Waals surface area contributed by atoms with Gasteiger partial charge >= 0.3 is 41.5 Å². The maximum Gasteiger partial charge on any atom is 1.00 e. The first-order valence-corrected chi connectivity index (χ1v) is 16.4. The zero-order chi connectivity index (χ0) is 28.8. The summed E-state index contributed by atoms with van der Waals surface area (Å²) in [6, 6.07) is 0. The van der Waals surface area contributed by atoms with Crippen LogP contribution in [0.15, 0.2) is 0 Å². The summed E-state index contributed by atoms with van der Waals surface area (Å²) in [5.74, 6) is -1.06. The molecule has 230 valence electrons. The second-order valence-electron chi connectivity index (χ2n) is 10.3. The average Bonchev–Trinajstić information content (AvgIpc) is 3.35. The number of phosphoric acid groups is 1. The first-order valence-electron chi connectivity index (χ1n) is 15.0. The Morgan fingerprint density at radius 3 is 2.05 bits per heavy atom. The van der Waals surface area contributed by atoms with Gasteiger partial charge in [-0.05, 0) is 19.3 Å². The van der Waals surface area contributed by atoms with E-state index in [-0.39, 0.29) is 62.1 Å².